The molecule has 0 spiro atoms. The Morgan fingerprint density at radius 1 is 1.24 bits per heavy atom. The summed E-state index contributed by atoms with van der Waals surface area (Å²) in [6.45, 7) is 0.235. The molecule has 0 saturated carbocycles. The summed E-state index contributed by atoms with van der Waals surface area (Å²) in [5.74, 6) is 0.709. The van der Waals surface area contributed by atoms with Crippen LogP contribution in [0.2, 0.25) is 5.02 Å². The quantitative estimate of drug-likeness (QED) is 0.889. The Labute approximate surface area is 105 Å². The number of hydrogen-bond donors (Lipinski definition) is 1. The van der Waals surface area contributed by atoms with Gasteiger partial charge in [0.25, 0.3) is 0 Å². The third-order valence-corrected chi connectivity index (χ3v) is 2.60. The van der Waals surface area contributed by atoms with Gasteiger partial charge in [-0.1, -0.05) is 23.7 Å². The fourth-order valence-electron chi connectivity index (χ4n) is 1.59. The van der Waals surface area contributed by atoms with Crippen LogP contribution in [0.3, 0.4) is 0 Å². The molecule has 0 fully saturated rings. The van der Waals surface area contributed by atoms with Gasteiger partial charge in [-0.25, -0.2) is 0 Å². The van der Waals surface area contributed by atoms with Gasteiger partial charge in [-0.05, 0) is 29.8 Å². The van der Waals surface area contributed by atoms with Crippen LogP contribution >= 0.6 is 11.6 Å². The molecular weight excluding hydrogens is 240 g/mol. The Balaban J connectivity index is 2.23. The minimum absolute atomic E-state index is 0.0230. The number of aliphatic hydroxyl groups excluding tert-OH is 1. The summed E-state index contributed by atoms with van der Waals surface area (Å²) in [5.41, 5.74) is 0.942. The van der Waals surface area contributed by atoms with Crippen LogP contribution in [0.15, 0.2) is 47.1 Å². The number of aliphatic hydroxyl groups is 1. The van der Waals surface area contributed by atoms with Gasteiger partial charge in [0.1, 0.15) is 11.9 Å². The van der Waals surface area contributed by atoms with E-state index in [4.69, 9.17) is 25.9 Å². The number of benzene rings is 1. The van der Waals surface area contributed by atoms with Crippen LogP contribution < -0.4 is 0 Å². The predicted molar refractivity (Wildman–Crippen MR) is 65.0 cm³/mol. The fourth-order valence-corrected chi connectivity index (χ4v) is 1.72. The Kier molecular flexibility index (Phi) is 4.20. The lowest BCUT2D eigenvalue weighted by Crippen LogP contribution is -2.08. The molecule has 0 aliphatic heterocycles. The Hall–Kier alpha value is -1.29. The summed E-state index contributed by atoms with van der Waals surface area (Å²) >= 11 is 5.84. The number of hydrogen-bond acceptors (Lipinski definition) is 3. The molecule has 0 aliphatic rings. The molecule has 1 unspecified atom stereocenters. The number of furan rings is 1. The van der Waals surface area contributed by atoms with Crippen molar-refractivity contribution in [2.75, 3.05) is 13.2 Å². The van der Waals surface area contributed by atoms with Crippen LogP contribution in [0.4, 0.5) is 0 Å². The fraction of sp³-hybridized carbons (Fsp3) is 0.231. The normalized spacial score (nSPS) is 12.6. The number of rotatable bonds is 5. The maximum atomic E-state index is 8.83. The van der Waals surface area contributed by atoms with Crippen molar-refractivity contribution >= 4 is 11.6 Å². The first-order valence-electron chi connectivity index (χ1n) is 5.32. The maximum absolute atomic E-state index is 8.83. The van der Waals surface area contributed by atoms with E-state index in [1.807, 2.05) is 18.2 Å². The van der Waals surface area contributed by atoms with Gasteiger partial charge in [0.05, 0.1) is 19.5 Å². The molecule has 1 heterocycles. The van der Waals surface area contributed by atoms with Crippen LogP contribution in [-0.4, -0.2) is 18.3 Å². The van der Waals surface area contributed by atoms with E-state index >= 15 is 0 Å². The maximum Gasteiger partial charge on any atom is 0.140 e. The molecule has 0 radical (unpaired) electrons. The highest BCUT2D eigenvalue weighted by atomic mass is 35.5. The molecule has 3 nitrogen and oxygen atoms in total. The van der Waals surface area contributed by atoms with Crippen molar-refractivity contribution in [3.8, 4) is 0 Å². The van der Waals surface area contributed by atoms with E-state index in [-0.39, 0.29) is 19.3 Å². The topological polar surface area (TPSA) is 42.6 Å². The molecule has 4 heteroatoms. The molecule has 1 N–H and O–H groups in total. The Bertz CT molecular complexity index is 436. The van der Waals surface area contributed by atoms with E-state index in [1.54, 1.807) is 24.5 Å². The van der Waals surface area contributed by atoms with Gasteiger partial charge in [0.15, 0.2) is 0 Å². The highest BCUT2D eigenvalue weighted by Crippen LogP contribution is 2.27. The van der Waals surface area contributed by atoms with Crippen LogP contribution in [0.5, 0.6) is 0 Å². The molecule has 90 valence electrons. The van der Waals surface area contributed by atoms with Gasteiger partial charge in [0, 0.05) is 5.02 Å². The average Bonchev–Trinajstić information content (AvgIpc) is 2.85. The zero-order valence-corrected chi connectivity index (χ0v) is 9.93. The van der Waals surface area contributed by atoms with Crippen LogP contribution in [0.25, 0.3) is 0 Å². The lowest BCUT2D eigenvalue weighted by atomic mass is 10.1. The summed E-state index contributed by atoms with van der Waals surface area (Å²) in [5, 5.41) is 9.50. The predicted octanol–water partition coefficient (Wildman–Crippen LogP) is 3.03. The smallest absolute Gasteiger partial charge is 0.140 e. The van der Waals surface area contributed by atoms with Crippen LogP contribution in [0, 0.1) is 0 Å². The number of halogens is 1. The van der Waals surface area contributed by atoms with Crippen molar-refractivity contribution in [3.63, 3.8) is 0 Å². The standard InChI is InChI=1S/C13H13ClO3/c14-11-5-3-10(4-6-11)13(17-9-7-15)12-2-1-8-16-12/h1-6,8,13,15H,7,9H2. The lowest BCUT2D eigenvalue weighted by Gasteiger charge is -2.15. The van der Waals surface area contributed by atoms with E-state index in [1.165, 1.54) is 0 Å². The largest absolute Gasteiger partial charge is 0.466 e. The van der Waals surface area contributed by atoms with Crippen LogP contribution in [-0.2, 0) is 4.74 Å². The van der Waals surface area contributed by atoms with Gasteiger partial charge >= 0.3 is 0 Å². The monoisotopic (exact) mass is 252 g/mol. The molecule has 1 aromatic carbocycles. The minimum atomic E-state index is -0.311. The van der Waals surface area contributed by atoms with E-state index in [0.717, 1.165) is 5.56 Å². The van der Waals surface area contributed by atoms with Crippen LogP contribution in [0.1, 0.15) is 17.4 Å². The van der Waals surface area contributed by atoms with Crippen molar-refractivity contribution < 1.29 is 14.3 Å². The first-order valence-corrected chi connectivity index (χ1v) is 5.70. The van der Waals surface area contributed by atoms with Crippen molar-refractivity contribution in [2.24, 2.45) is 0 Å². The molecule has 17 heavy (non-hydrogen) atoms. The second-order valence-electron chi connectivity index (χ2n) is 3.54. The summed E-state index contributed by atoms with van der Waals surface area (Å²) in [6.07, 6.45) is 1.29. The molecule has 0 aliphatic carbocycles. The molecule has 2 aromatic rings. The lowest BCUT2D eigenvalue weighted by molar-refractivity contribution is 0.0388. The summed E-state index contributed by atoms with van der Waals surface area (Å²) in [4.78, 5) is 0. The van der Waals surface area contributed by atoms with Crippen molar-refractivity contribution in [3.05, 3.63) is 59.0 Å². The summed E-state index contributed by atoms with van der Waals surface area (Å²) in [6, 6.07) is 11.0. The molecule has 0 bridgehead atoms. The summed E-state index contributed by atoms with van der Waals surface area (Å²) < 4.78 is 10.9. The first kappa shape index (κ1) is 12.2. The molecule has 2 rings (SSSR count). The van der Waals surface area contributed by atoms with Crippen molar-refractivity contribution in [2.45, 2.75) is 6.10 Å². The Morgan fingerprint density at radius 3 is 2.59 bits per heavy atom. The SMILES string of the molecule is OCCOC(c1ccc(Cl)cc1)c1ccco1. The highest BCUT2D eigenvalue weighted by molar-refractivity contribution is 6.30. The molecule has 1 atom stereocenters. The molecular formula is C13H13ClO3. The zero-order chi connectivity index (χ0) is 12.1. The second-order valence-corrected chi connectivity index (χ2v) is 3.98. The minimum Gasteiger partial charge on any atom is -0.466 e. The average molecular weight is 253 g/mol. The molecule has 1 aromatic heterocycles. The first-order chi connectivity index (χ1) is 8.31. The van der Waals surface area contributed by atoms with Gasteiger partial charge < -0.3 is 14.3 Å². The van der Waals surface area contributed by atoms with E-state index in [0.29, 0.717) is 10.8 Å². The molecule has 0 saturated heterocycles. The second kappa shape index (κ2) is 5.87. The number of ether oxygens (including phenoxy) is 1. The van der Waals surface area contributed by atoms with Crippen molar-refractivity contribution in [1.29, 1.82) is 0 Å². The Morgan fingerprint density at radius 2 is 2.00 bits per heavy atom. The third-order valence-electron chi connectivity index (χ3n) is 2.35. The zero-order valence-electron chi connectivity index (χ0n) is 9.17. The van der Waals surface area contributed by atoms with E-state index < -0.39 is 0 Å². The van der Waals surface area contributed by atoms with E-state index in [2.05, 4.69) is 0 Å². The van der Waals surface area contributed by atoms with Gasteiger partial charge in [-0.3, -0.25) is 0 Å². The van der Waals surface area contributed by atoms with E-state index in [9.17, 15) is 0 Å². The van der Waals surface area contributed by atoms with Gasteiger partial charge in [0.2, 0.25) is 0 Å². The summed E-state index contributed by atoms with van der Waals surface area (Å²) in [7, 11) is 0. The van der Waals surface area contributed by atoms with Gasteiger partial charge in [-0.2, -0.15) is 0 Å². The third kappa shape index (κ3) is 3.09. The highest BCUT2D eigenvalue weighted by Gasteiger charge is 2.17. The molecule has 0 amide bonds. The van der Waals surface area contributed by atoms with Crippen molar-refractivity contribution in [1.82, 2.24) is 0 Å². The van der Waals surface area contributed by atoms with Gasteiger partial charge in [-0.15, -0.1) is 0 Å².